The molecular weight excluding hydrogens is 296 g/mol. The predicted molar refractivity (Wildman–Crippen MR) is 80.5 cm³/mol. The Morgan fingerprint density at radius 2 is 2.10 bits per heavy atom. The number of carbonyl (C=O) groups excluding carboxylic acids is 1. The van der Waals surface area contributed by atoms with Crippen LogP contribution in [0.1, 0.15) is 28.1 Å². The lowest BCUT2D eigenvalue weighted by Crippen LogP contribution is -2.41. The van der Waals surface area contributed by atoms with Crippen molar-refractivity contribution in [3.8, 4) is 0 Å². The molecule has 1 fully saturated rings. The highest BCUT2D eigenvalue weighted by Crippen LogP contribution is 2.19. The monoisotopic (exact) mass is 316 g/mol. The van der Waals surface area contributed by atoms with E-state index in [0.29, 0.717) is 25.6 Å². The molecule has 0 atom stereocenters. The van der Waals surface area contributed by atoms with Gasteiger partial charge in [0.05, 0.1) is 11.1 Å². The summed E-state index contributed by atoms with van der Waals surface area (Å²) in [5.41, 5.74) is 1.10. The molecule has 5 nitrogen and oxygen atoms in total. The van der Waals surface area contributed by atoms with Crippen LogP contribution in [0.2, 0.25) is 0 Å². The summed E-state index contributed by atoms with van der Waals surface area (Å²) in [5.74, 6) is 0.326. The maximum Gasteiger partial charge on any atom is 0.261 e. The van der Waals surface area contributed by atoms with E-state index < -0.39 is 10.0 Å². The van der Waals surface area contributed by atoms with E-state index in [2.05, 4.69) is 5.32 Å². The SMILES string of the molecule is Cc1csc(C(=O)NCC2CCN(S(C)(=O)=O)CC2)c1. The van der Waals surface area contributed by atoms with Crippen LogP contribution in [-0.4, -0.2) is 44.5 Å². The minimum atomic E-state index is -3.07. The van der Waals surface area contributed by atoms with Crippen LogP contribution in [0.25, 0.3) is 0 Å². The summed E-state index contributed by atoms with van der Waals surface area (Å²) in [6.45, 7) is 3.69. The molecule has 0 aliphatic carbocycles. The number of hydrogen-bond donors (Lipinski definition) is 1. The van der Waals surface area contributed by atoms with Gasteiger partial charge in [0, 0.05) is 19.6 Å². The van der Waals surface area contributed by atoms with Crippen molar-refractivity contribution in [1.29, 1.82) is 0 Å². The Hall–Kier alpha value is -0.920. The minimum Gasteiger partial charge on any atom is -0.351 e. The van der Waals surface area contributed by atoms with E-state index in [9.17, 15) is 13.2 Å². The Labute approximate surface area is 124 Å². The second-order valence-electron chi connectivity index (χ2n) is 5.30. The van der Waals surface area contributed by atoms with E-state index in [0.717, 1.165) is 23.3 Å². The topological polar surface area (TPSA) is 66.5 Å². The molecule has 0 unspecified atom stereocenters. The quantitative estimate of drug-likeness (QED) is 0.914. The number of hydrogen-bond acceptors (Lipinski definition) is 4. The Balaban J connectivity index is 1.78. The number of aryl methyl sites for hydroxylation is 1. The van der Waals surface area contributed by atoms with Crippen molar-refractivity contribution in [2.24, 2.45) is 5.92 Å². The molecule has 1 aliphatic heterocycles. The lowest BCUT2D eigenvalue weighted by Gasteiger charge is -2.30. The first-order chi connectivity index (χ1) is 9.36. The van der Waals surface area contributed by atoms with Gasteiger partial charge in [-0.3, -0.25) is 4.79 Å². The van der Waals surface area contributed by atoms with Crippen molar-refractivity contribution in [3.63, 3.8) is 0 Å². The first kappa shape index (κ1) is 15.5. The zero-order valence-corrected chi connectivity index (χ0v) is 13.4. The third-order valence-electron chi connectivity index (χ3n) is 3.55. The van der Waals surface area contributed by atoms with Gasteiger partial charge >= 0.3 is 0 Å². The molecule has 0 saturated carbocycles. The molecule has 112 valence electrons. The molecule has 2 rings (SSSR count). The van der Waals surface area contributed by atoms with Gasteiger partial charge in [-0.25, -0.2) is 12.7 Å². The van der Waals surface area contributed by atoms with Crippen molar-refractivity contribution < 1.29 is 13.2 Å². The zero-order chi connectivity index (χ0) is 14.8. The van der Waals surface area contributed by atoms with Crippen molar-refractivity contribution in [2.45, 2.75) is 19.8 Å². The molecule has 2 heterocycles. The summed E-state index contributed by atoms with van der Waals surface area (Å²) < 4.78 is 24.3. The van der Waals surface area contributed by atoms with Crippen molar-refractivity contribution >= 4 is 27.3 Å². The van der Waals surface area contributed by atoms with E-state index in [-0.39, 0.29) is 5.91 Å². The lowest BCUT2D eigenvalue weighted by molar-refractivity contribution is 0.0945. The van der Waals surface area contributed by atoms with Crippen LogP contribution in [0.3, 0.4) is 0 Å². The largest absolute Gasteiger partial charge is 0.351 e. The smallest absolute Gasteiger partial charge is 0.261 e. The highest BCUT2D eigenvalue weighted by Gasteiger charge is 2.25. The molecule has 0 bridgehead atoms. The number of nitrogens with zero attached hydrogens (tertiary/aromatic N) is 1. The highest BCUT2D eigenvalue weighted by atomic mass is 32.2. The first-order valence-electron chi connectivity index (χ1n) is 6.64. The number of sulfonamides is 1. The molecule has 0 spiro atoms. The van der Waals surface area contributed by atoms with Gasteiger partial charge in [0.1, 0.15) is 0 Å². The average molecular weight is 316 g/mol. The van der Waals surface area contributed by atoms with Gasteiger partial charge in [0.15, 0.2) is 0 Å². The molecule has 0 aromatic carbocycles. The van der Waals surface area contributed by atoms with Gasteiger partial charge in [-0.2, -0.15) is 0 Å². The first-order valence-corrected chi connectivity index (χ1v) is 9.37. The fourth-order valence-corrected chi connectivity index (χ4v) is 4.01. The molecular formula is C13H20N2O3S2. The minimum absolute atomic E-state index is 0.0337. The lowest BCUT2D eigenvalue weighted by atomic mass is 9.98. The van der Waals surface area contributed by atoms with E-state index in [1.165, 1.54) is 21.9 Å². The summed E-state index contributed by atoms with van der Waals surface area (Å²) >= 11 is 1.45. The van der Waals surface area contributed by atoms with E-state index in [4.69, 9.17) is 0 Å². The van der Waals surface area contributed by atoms with Crippen LogP contribution >= 0.6 is 11.3 Å². The van der Waals surface area contributed by atoms with Gasteiger partial charge in [-0.1, -0.05) is 0 Å². The van der Waals surface area contributed by atoms with Crippen LogP contribution < -0.4 is 5.32 Å². The number of nitrogens with one attached hydrogen (secondary N) is 1. The molecule has 7 heteroatoms. The Morgan fingerprint density at radius 3 is 2.60 bits per heavy atom. The van der Waals surface area contributed by atoms with Crippen LogP contribution in [0.15, 0.2) is 11.4 Å². The summed E-state index contributed by atoms with van der Waals surface area (Å²) in [4.78, 5) is 12.6. The number of piperidine rings is 1. The summed E-state index contributed by atoms with van der Waals surface area (Å²) in [6, 6.07) is 1.88. The van der Waals surface area contributed by atoms with Gasteiger partial charge in [0.2, 0.25) is 10.0 Å². The highest BCUT2D eigenvalue weighted by molar-refractivity contribution is 7.88. The molecule has 1 N–H and O–H groups in total. The maximum absolute atomic E-state index is 11.9. The number of carbonyl (C=O) groups is 1. The van der Waals surface area contributed by atoms with Crippen molar-refractivity contribution in [3.05, 3.63) is 21.9 Å². The summed E-state index contributed by atoms with van der Waals surface area (Å²) in [7, 11) is -3.07. The second kappa shape index (κ2) is 6.24. The number of rotatable bonds is 4. The fraction of sp³-hybridized carbons (Fsp3) is 0.615. The fourth-order valence-electron chi connectivity index (χ4n) is 2.32. The standard InChI is InChI=1S/C13H20N2O3S2/c1-10-7-12(19-9-10)13(16)14-8-11-3-5-15(6-4-11)20(2,17)18/h7,9,11H,3-6,8H2,1-2H3,(H,14,16). The van der Waals surface area contributed by atoms with Crippen LogP contribution in [0.5, 0.6) is 0 Å². The average Bonchev–Trinajstić information content (AvgIpc) is 2.82. The summed E-state index contributed by atoms with van der Waals surface area (Å²) in [5, 5.41) is 4.90. The molecule has 1 amide bonds. The Morgan fingerprint density at radius 1 is 1.45 bits per heavy atom. The Bertz CT molecular complexity index is 572. The van der Waals surface area contributed by atoms with E-state index in [1.54, 1.807) is 0 Å². The van der Waals surface area contributed by atoms with Crippen molar-refractivity contribution in [2.75, 3.05) is 25.9 Å². The molecule has 1 aromatic rings. The third-order valence-corrected chi connectivity index (χ3v) is 5.90. The van der Waals surface area contributed by atoms with Gasteiger partial charge in [-0.05, 0) is 42.7 Å². The van der Waals surface area contributed by atoms with Crippen molar-refractivity contribution in [1.82, 2.24) is 9.62 Å². The van der Waals surface area contributed by atoms with E-state index in [1.807, 2.05) is 18.4 Å². The summed E-state index contributed by atoms with van der Waals surface area (Å²) in [6.07, 6.45) is 2.85. The normalized spacial score (nSPS) is 18.1. The Kier molecular flexibility index (Phi) is 4.82. The third kappa shape index (κ3) is 4.04. The number of amides is 1. The molecule has 1 aliphatic rings. The van der Waals surface area contributed by atoms with Crippen LogP contribution in [-0.2, 0) is 10.0 Å². The van der Waals surface area contributed by atoms with Gasteiger partial charge in [-0.15, -0.1) is 11.3 Å². The number of thiophene rings is 1. The van der Waals surface area contributed by atoms with E-state index >= 15 is 0 Å². The zero-order valence-electron chi connectivity index (χ0n) is 11.8. The molecule has 0 radical (unpaired) electrons. The molecule has 1 aromatic heterocycles. The van der Waals surface area contributed by atoms with Gasteiger partial charge in [0.25, 0.3) is 5.91 Å². The maximum atomic E-state index is 11.9. The second-order valence-corrected chi connectivity index (χ2v) is 8.20. The molecule has 1 saturated heterocycles. The van der Waals surface area contributed by atoms with Crippen LogP contribution in [0.4, 0.5) is 0 Å². The molecule has 20 heavy (non-hydrogen) atoms. The van der Waals surface area contributed by atoms with Gasteiger partial charge < -0.3 is 5.32 Å². The van der Waals surface area contributed by atoms with Crippen LogP contribution in [0, 0.1) is 12.8 Å². The predicted octanol–water partition coefficient (Wildman–Crippen LogP) is 1.46.